The van der Waals surface area contributed by atoms with Crippen LogP contribution in [0.15, 0.2) is 36.4 Å². The van der Waals surface area contributed by atoms with E-state index < -0.39 is 0 Å². The van der Waals surface area contributed by atoms with E-state index in [0.717, 1.165) is 54.9 Å². The van der Waals surface area contributed by atoms with Crippen molar-refractivity contribution in [2.24, 2.45) is 0 Å². The lowest BCUT2D eigenvalue weighted by molar-refractivity contribution is 0.0949. The molecule has 0 bridgehead atoms. The monoisotopic (exact) mass is 424 g/mol. The lowest BCUT2D eigenvalue weighted by Crippen LogP contribution is -2.29. The van der Waals surface area contributed by atoms with E-state index in [9.17, 15) is 9.59 Å². The molecule has 0 atom stereocenters. The molecule has 1 aliphatic heterocycles. The predicted molar refractivity (Wildman–Crippen MR) is 125 cm³/mol. The second kappa shape index (κ2) is 10.8. The molecule has 166 valence electrons. The maximum absolute atomic E-state index is 12.9. The van der Waals surface area contributed by atoms with Crippen LogP contribution in [0, 0.1) is 13.8 Å². The highest BCUT2D eigenvalue weighted by Gasteiger charge is 2.20. The summed E-state index contributed by atoms with van der Waals surface area (Å²) in [5.41, 5.74) is 4.96. The van der Waals surface area contributed by atoms with Gasteiger partial charge in [0.25, 0.3) is 5.91 Å². The SMILES string of the molecule is COCCCNC(=O)c1cc(NC(=O)Nc2cccc(C)c2C)ccc1N1CCCC1. The van der Waals surface area contributed by atoms with Gasteiger partial charge in [0, 0.05) is 50.4 Å². The first-order valence-corrected chi connectivity index (χ1v) is 10.8. The number of carbonyl (C=O) groups excluding carboxylic acids is 2. The minimum atomic E-state index is -0.339. The number of aryl methyl sites for hydroxylation is 1. The Balaban J connectivity index is 1.75. The summed E-state index contributed by atoms with van der Waals surface area (Å²) in [4.78, 5) is 27.7. The average molecular weight is 425 g/mol. The molecule has 2 aromatic rings. The van der Waals surface area contributed by atoms with Crippen LogP contribution in [-0.2, 0) is 4.74 Å². The molecular formula is C24H32N4O3. The van der Waals surface area contributed by atoms with Gasteiger partial charge in [0.05, 0.1) is 5.56 Å². The fourth-order valence-electron chi connectivity index (χ4n) is 3.71. The van der Waals surface area contributed by atoms with Crippen LogP contribution >= 0.6 is 0 Å². The van der Waals surface area contributed by atoms with Gasteiger partial charge in [-0.3, -0.25) is 4.79 Å². The van der Waals surface area contributed by atoms with Crippen molar-refractivity contribution in [2.45, 2.75) is 33.1 Å². The van der Waals surface area contributed by atoms with E-state index in [1.807, 2.05) is 44.2 Å². The standard InChI is InChI=1S/C24H32N4O3/c1-17-8-6-9-21(18(17)2)27-24(30)26-19-10-11-22(28-13-4-5-14-28)20(16-19)23(29)25-12-7-15-31-3/h6,8-11,16H,4-5,7,12-15H2,1-3H3,(H,25,29)(H2,26,27,30). The number of hydrogen-bond acceptors (Lipinski definition) is 4. The number of nitrogens with zero attached hydrogens (tertiary/aromatic N) is 1. The number of urea groups is 1. The summed E-state index contributed by atoms with van der Waals surface area (Å²) in [6.07, 6.45) is 2.98. The first kappa shape index (κ1) is 22.6. The Morgan fingerprint density at radius 3 is 2.58 bits per heavy atom. The second-order valence-corrected chi connectivity index (χ2v) is 7.85. The Kier molecular flexibility index (Phi) is 7.89. The lowest BCUT2D eigenvalue weighted by Gasteiger charge is -2.22. The molecule has 0 aliphatic carbocycles. The number of ether oxygens (including phenoxy) is 1. The Morgan fingerprint density at radius 2 is 1.84 bits per heavy atom. The van der Waals surface area contributed by atoms with E-state index in [0.29, 0.717) is 24.4 Å². The zero-order valence-corrected chi connectivity index (χ0v) is 18.6. The van der Waals surface area contributed by atoms with Gasteiger partial charge in [0.2, 0.25) is 0 Å². The van der Waals surface area contributed by atoms with Crippen LogP contribution < -0.4 is 20.9 Å². The number of nitrogens with one attached hydrogen (secondary N) is 3. The highest BCUT2D eigenvalue weighted by atomic mass is 16.5. The topological polar surface area (TPSA) is 82.7 Å². The molecule has 31 heavy (non-hydrogen) atoms. The number of hydrogen-bond donors (Lipinski definition) is 3. The van der Waals surface area contributed by atoms with Crippen LogP contribution in [0.2, 0.25) is 0 Å². The van der Waals surface area contributed by atoms with Crippen LogP contribution in [-0.4, -0.2) is 45.3 Å². The van der Waals surface area contributed by atoms with Crippen molar-refractivity contribution in [3.05, 3.63) is 53.1 Å². The van der Waals surface area contributed by atoms with Gasteiger partial charge in [-0.15, -0.1) is 0 Å². The molecule has 3 N–H and O–H groups in total. The third kappa shape index (κ3) is 5.98. The molecule has 7 nitrogen and oxygen atoms in total. The molecule has 0 radical (unpaired) electrons. The molecule has 3 rings (SSSR count). The molecule has 2 aromatic carbocycles. The molecule has 1 heterocycles. The van der Waals surface area contributed by atoms with Crippen LogP contribution in [0.3, 0.4) is 0 Å². The zero-order chi connectivity index (χ0) is 22.2. The number of carbonyl (C=O) groups is 2. The van der Waals surface area contributed by atoms with Gasteiger partial charge in [-0.1, -0.05) is 12.1 Å². The summed E-state index contributed by atoms with van der Waals surface area (Å²) in [6, 6.07) is 11.0. The molecule has 1 saturated heterocycles. The van der Waals surface area contributed by atoms with Crippen molar-refractivity contribution < 1.29 is 14.3 Å². The molecule has 3 amide bonds. The Bertz CT molecular complexity index is 923. The maximum atomic E-state index is 12.9. The Hall–Kier alpha value is -3.06. The molecule has 1 fully saturated rings. The average Bonchev–Trinajstić information content (AvgIpc) is 3.29. The number of rotatable bonds is 8. The highest BCUT2D eigenvalue weighted by Crippen LogP contribution is 2.28. The third-order valence-corrected chi connectivity index (χ3v) is 5.61. The quantitative estimate of drug-likeness (QED) is 0.552. The van der Waals surface area contributed by atoms with E-state index in [1.165, 1.54) is 0 Å². The molecule has 0 spiro atoms. The normalized spacial score (nSPS) is 13.2. The van der Waals surface area contributed by atoms with Crippen LogP contribution in [0.1, 0.15) is 40.7 Å². The second-order valence-electron chi connectivity index (χ2n) is 7.85. The van der Waals surface area contributed by atoms with Gasteiger partial charge in [0.15, 0.2) is 0 Å². The summed E-state index contributed by atoms with van der Waals surface area (Å²) in [5, 5.41) is 8.71. The van der Waals surface area contributed by atoms with E-state index in [1.54, 1.807) is 13.2 Å². The van der Waals surface area contributed by atoms with E-state index in [2.05, 4.69) is 20.9 Å². The summed E-state index contributed by atoms with van der Waals surface area (Å²) >= 11 is 0. The third-order valence-electron chi connectivity index (χ3n) is 5.61. The largest absolute Gasteiger partial charge is 0.385 e. The van der Waals surface area contributed by atoms with Crippen molar-refractivity contribution in [2.75, 3.05) is 48.9 Å². The van der Waals surface area contributed by atoms with Crippen molar-refractivity contribution in [3.63, 3.8) is 0 Å². The molecule has 0 aromatic heterocycles. The van der Waals surface area contributed by atoms with Crippen LogP contribution in [0.5, 0.6) is 0 Å². The summed E-state index contributed by atoms with van der Waals surface area (Å²) in [7, 11) is 1.64. The van der Waals surface area contributed by atoms with Crippen molar-refractivity contribution in [3.8, 4) is 0 Å². The number of amides is 3. The van der Waals surface area contributed by atoms with Crippen molar-refractivity contribution in [1.82, 2.24) is 5.32 Å². The number of methoxy groups -OCH3 is 1. The first-order chi connectivity index (χ1) is 15.0. The summed E-state index contributed by atoms with van der Waals surface area (Å²) in [6.45, 7) is 6.98. The van der Waals surface area contributed by atoms with Crippen LogP contribution in [0.25, 0.3) is 0 Å². The Morgan fingerprint density at radius 1 is 1.06 bits per heavy atom. The molecule has 0 saturated carbocycles. The van der Waals surface area contributed by atoms with Crippen molar-refractivity contribution in [1.29, 1.82) is 0 Å². The first-order valence-electron chi connectivity index (χ1n) is 10.8. The predicted octanol–water partition coefficient (Wildman–Crippen LogP) is 4.31. The van der Waals surface area contributed by atoms with Gasteiger partial charge in [-0.25, -0.2) is 4.79 Å². The Labute approximate surface area is 184 Å². The van der Waals surface area contributed by atoms with Gasteiger partial charge in [0.1, 0.15) is 0 Å². The summed E-state index contributed by atoms with van der Waals surface area (Å²) < 4.78 is 5.05. The van der Waals surface area contributed by atoms with Gasteiger partial charge in [-0.05, 0) is 68.5 Å². The smallest absolute Gasteiger partial charge is 0.323 e. The lowest BCUT2D eigenvalue weighted by atomic mass is 10.1. The van der Waals surface area contributed by atoms with E-state index in [-0.39, 0.29) is 11.9 Å². The van der Waals surface area contributed by atoms with Gasteiger partial charge < -0.3 is 25.6 Å². The van der Waals surface area contributed by atoms with Gasteiger partial charge in [-0.2, -0.15) is 0 Å². The van der Waals surface area contributed by atoms with E-state index >= 15 is 0 Å². The fraction of sp³-hybridized carbons (Fsp3) is 0.417. The molecule has 1 aliphatic rings. The summed E-state index contributed by atoms with van der Waals surface area (Å²) in [5.74, 6) is -0.142. The fourth-order valence-corrected chi connectivity index (χ4v) is 3.71. The minimum absolute atomic E-state index is 0.142. The highest BCUT2D eigenvalue weighted by molar-refractivity contribution is 6.04. The van der Waals surface area contributed by atoms with Crippen molar-refractivity contribution >= 4 is 29.0 Å². The maximum Gasteiger partial charge on any atom is 0.323 e. The minimum Gasteiger partial charge on any atom is -0.385 e. The molecule has 7 heteroatoms. The molecular weight excluding hydrogens is 392 g/mol. The van der Waals surface area contributed by atoms with E-state index in [4.69, 9.17) is 4.74 Å². The van der Waals surface area contributed by atoms with Crippen LogP contribution in [0.4, 0.5) is 21.9 Å². The zero-order valence-electron chi connectivity index (χ0n) is 18.6. The number of anilines is 3. The molecule has 0 unspecified atom stereocenters. The number of benzene rings is 2. The van der Waals surface area contributed by atoms with Gasteiger partial charge >= 0.3 is 6.03 Å².